The molecule has 0 aromatic carbocycles. The van der Waals surface area contributed by atoms with Crippen LogP contribution in [0.2, 0.25) is 0 Å². The number of nitrogens with zero attached hydrogens (tertiary/aromatic N) is 3. The first-order valence-corrected chi connectivity index (χ1v) is 7.45. The molecule has 7 heteroatoms. The fourth-order valence-corrected chi connectivity index (χ4v) is 2.45. The van der Waals surface area contributed by atoms with Crippen molar-refractivity contribution in [2.24, 2.45) is 0 Å². The lowest BCUT2D eigenvalue weighted by Crippen LogP contribution is -2.41. The average molecular weight is 308 g/mol. The number of anilines is 1. The molecule has 0 radical (unpaired) electrons. The highest BCUT2D eigenvalue weighted by Crippen LogP contribution is 2.30. The Labute approximate surface area is 130 Å². The van der Waals surface area contributed by atoms with Gasteiger partial charge >= 0.3 is 6.09 Å². The minimum Gasteiger partial charge on any atom is -0.493 e. The third kappa shape index (κ3) is 3.99. The zero-order valence-electron chi connectivity index (χ0n) is 13.6. The van der Waals surface area contributed by atoms with Crippen LogP contribution in [0.4, 0.5) is 10.6 Å². The van der Waals surface area contributed by atoms with Crippen molar-refractivity contribution >= 4 is 11.9 Å². The van der Waals surface area contributed by atoms with Crippen molar-refractivity contribution in [1.82, 2.24) is 15.1 Å². The summed E-state index contributed by atoms with van der Waals surface area (Å²) in [4.78, 5) is 13.8. The fraction of sp³-hybridized carbons (Fsp3) is 0.667. The minimum atomic E-state index is -0.469. The van der Waals surface area contributed by atoms with Gasteiger partial charge in [0.05, 0.1) is 12.8 Å². The van der Waals surface area contributed by atoms with Crippen LogP contribution in [0.25, 0.3) is 0 Å². The Morgan fingerprint density at radius 1 is 1.32 bits per heavy atom. The van der Waals surface area contributed by atoms with Crippen molar-refractivity contribution in [3.8, 4) is 5.75 Å². The number of likely N-dealkylation sites (tertiary alicyclic amines) is 1. The highest BCUT2D eigenvalue weighted by molar-refractivity contribution is 5.68. The number of nitrogen functional groups attached to an aromatic ring is 1. The van der Waals surface area contributed by atoms with Gasteiger partial charge in [-0.2, -0.15) is 5.10 Å². The Hall–Kier alpha value is -2.05. The second-order valence-electron chi connectivity index (χ2n) is 6.46. The molecule has 7 nitrogen and oxygen atoms in total. The van der Waals surface area contributed by atoms with Crippen molar-refractivity contribution in [1.29, 1.82) is 0 Å². The number of carbonyl (C=O) groups excluding carboxylic acids is 1. The van der Waals surface area contributed by atoms with E-state index in [1.165, 1.54) is 0 Å². The molecule has 2 rings (SSSR count). The molecule has 1 aliphatic heterocycles. The van der Waals surface area contributed by atoms with E-state index in [0.29, 0.717) is 18.8 Å². The molecule has 0 aliphatic carbocycles. The van der Waals surface area contributed by atoms with E-state index in [1.54, 1.807) is 12.0 Å². The third-order valence-corrected chi connectivity index (χ3v) is 3.59. The average Bonchev–Trinajstić information content (AvgIpc) is 2.46. The summed E-state index contributed by atoms with van der Waals surface area (Å²) in [6.07, 6.45) is 1.38. The molecular formula is C15H24N4O3. The Morgan fingerprint density at radius 2 is 1.95 bits per heavy atom. The van der Waals surface area contributed by atoms with Crippen LogP contribution >= 0.6 is 0 Å². The number of hydrogen-bond acceptors (Lipinski definition) is 6. The zero-order chi connectivity index (χ0) is 16.3. The number of amides is 1. The van der Waals surface area contributed by atoms with Crippen LogP contribution in [0.1, 0.15) is 45.2 Å². The molecule has 1 aliphatic rings. The maximum atomic E-state index is 12.0. The van der Waals surface area contributed by atoms with Crippen LogP contribution in [0.5, 0.6) is 5.75 Å². The molecule has 2 heterocycles. The van der Waals surface area contributed by atoms with Gasteiger partial charge in [0, 0.05) is 25.1 Å². The second-order valence-corrected chi connectivity index (χ2v) is 6.46. The van der Waals surface area contributed by atoms with Gasteiger partial charge in [-0.05, 0) is 33.6 Å². The largest absolute Gasteiger partial charge is 0.493 e. The first kappa shape index (κ1) is 16.3. The predicted molar refractivity (Wildman–Crippen MR) is 82.8 cm³/mol. The topological polar surface area (TPSA) is 90.6 Å². The SMILES string of the molecule is COc1cc(C2CCN(C(=O)OC(C)(C)C)CC2)nnc1N. The second kappa shape index (κ2) is 6.37. The lowest BCUT2D eigenvalue weighted by atomic mass is 9.93. The van der Waals surface area contributed by atoms with Gasteiger partial charge in [0.15, 0.2) is 11.6 Å². The van der Waals surface area contributed by atoms with E-state index in [1.807, 2.05) is 26.8 Å². The molecule has 1 aromatic rings. The third-order valence-electron chi connectivity index (χ3n) is 3.59. The molecule has 0 unspecified atom stereocenters. The number of nitrogens with two attached hydrogens (primary N) is 1. The first-order valence-electron chi connectivity index (χ1n) is 7.45. The molecule has 1 saturated heterocycles. The number of carbonyl (C=O) groups is 1. The number of piperidine rings is 1. The van der Waals surface area contributed by atoms with E-state index in [4.69, 9.17) is 15.2 Å². The van der Waals surface area contributed by atoms with Gasteiger partial charge in [-0.1, -0.05) is 0 Å². The highest BCUT2D eigenvalue weighted by atomic mass is 16.6. The molecule has 0 atom stereocenters. The van der Waals surface area contributed by atoms with Crippen molar-refractivity contribution in [2.75, 3.05) is 25.9 Å². The lowest BCUT2D eigenvalue weighted by molar-refractivity contribution is 0.0204. The van der Waals surface area contributed by atoms with Crippen LogP contribution < -0.4 is 10.5 Å². The van der Waals surface area contributed by atoms with Gasteiger partial charge in [-0.3, -0.25) is 0 Å². The van der Waals surface area contributed by atoms with Gasteiger partial charge in [0.25, 0.3) is 0 Å². The van der Waals surface area contributed by atoms with Crippen molar-refractivity contribution in [3.63, 3.8) is 0 Å². The number of aromatic nitrogens is 2. The maximum absolute atomic E-state index is 12.0. The molecule has 2 N–H and O–H groups in total. The summed E-state index contributed by atoms with van der Waals surface area (Å²) >= 11 is 0. The van der Waals surface area contributed by atoms with E-state index in [-0.39, 0.29) is 17.8 Å². The smallest absolute Gasteiger partial charge is 0.410 e. The normalized spacial score (nSPS) is 16.5. The number of hydrogen-bond donors (Lipinski definition) is 1. The van der Waals surface area contributed by atoms with E-state index < -0.39 is 5.60 Å². The summed E-state index contributed by atoms with van der Waals surface area (Å²) in [5.74, 6) is 1.08. The fourth-order valence-electron chi connectivity index (χ4n) is 2.45. The molecule has 0 saturated carbocycles. The van der Waals surface area contributed by atoms with Crippen molar-refractivity contribution < 1.29 is 14.3 Å². The molecule has 1 fully saturated rings. The van der Waals surface area contributed by atoms with Gasteiger partial charge in [0.1, 0.15) is 5.60 Å². The molecule has 1 amide bonds. The predicted octanol–water partition coefficient (Wildman–Crippen LogP) is 2.18. The van der Waals surface area contributed by atoms with Crippen LogP contribution in [0, 0.1) is 0 Å². The van der Waals surface area contributed by atoms with E-state index in [9.17, 15) is 4.79 Å². The lowest BCUT2D eigenvalue weighted by Gasteiger charge is -2.33. The maximum Gasteiger partial charge on any atom is 0.410 e. The van der Waals surface area contributed by atoms with E-state index in [0.717, 1.165) is 18.5 Å². The highest BCUT2D eigenvalue weighted by Gasteiger charge is 2.28. The Balaban J connectivity index is 1.96. The summed E-state index contributed by atoms with van der Waals surface area (Å²) in [6, 6.07) is 1.83. The monoisotopic (exact) mass is 308 g/mol. The minimum absolute atomic E-state index is 0.251. The standard InChI is InChI=1S/C15H24N4O3/c1-15(2,3)22-14(20)19-7-5-10(6-8-19)11-9-12(21-4)13(16)18-17-11/h9-10H,5-8H2,1-4H3,(H2,16,18). The number of methoxy groups -OCH3 is 1. The van der Waals surface area contributed by atoms with E-state index in [2.05, 4.69) is 10.2 Å². The molecule has 0 bridgehead atoms. The van der Waals surface area contributed by atoms with Crippen molar-refractivity contribution in [2.45, 2.75) is 45.1 Å². The Morgan fingerprint density at radius 3 is 2.50 bits per heavy atom. The molecule has 1 aromatic heterocycles. The summed E-state index contributed by atoms with van der Waals surface area (Å²) in [6.45, 7) is 6.90. The van der Waals surface area contributed by atoms with Gasteiger partial charge in [-0.15, -0.1) is 5.10 Å². The molecular weight excluding hydrogens is 284 g/mol. The summed E-state index contributed by atoms with van der Waals surface area (Å²) in [5.41, 5.74) is 6.07. The summed E-state index contributed by atoms with van der Waals surface area (Å²) < 4.78 is 10.6. The number of ether oxygens (including phenoxy) is 2. The van der Waals surface area contributed by atoms with Crippen LogP contribution in [-0.4, -0.2) is 47.0 Å². The van der Waals surface area contributed by atoms with Crippen LogP contribution in [0.15, 0.2) is 6.07 Å². The van der Waals surface area contributed by atoms with Gasteiger partial charge in [0.2, 0.25) is 0 Å². The van der Waals surface area contributed by atoms with Crippen LogP contribution in [0.3, 0.4) is 0 Å². The Bertz CT molecular complexity index is 534. The quantitative estimate of drug-likeness (QED) is 0.900. The van der Waals surface area contributed by atoms with Crippen molar-refractivity contribution in [3.05, 3.63) is 11.8 Å². The summed E-state index contributed by atoms with van der Waals surface area (Å²) in [5, 5.41) is 8.08. The number of rotatable bonds is 2. The van der Waals surface area contributed by atoms with Gasteiger partial charge in [-0.25, -0.2) is 4.79 Å². The van der Waals surface area contributed by atoms with Gasteiger partial charge < -0.3 is 20.1 Å². The molecule has 0 spiro atoms. The summed E-state index contributed by atoms with van der Waals surface area (Å²) in [7, 11) is 1.56. The first-order chi connectivity index (χ1) is 10.3. The van der Waals surface area contributed by atoms with E-state index >= 15 is 0 Å². The molecule has 22 heavy (non-hydrogen) atoms. The Kier molecular flexibility index (Phi) is 4.73. The zero-order valence-corrected chi connectivity index (χ0v) is 13.6. The molecule has 122 valence electrons. The van der Waals surface area contributed by atoms with Crippen LogP contribution in [-0.2, 0) is 4.74 Å².